The monoisotopic (exact) mass is 340 g/mol. The SMILES string of the molecule is Cc1cc(C(C)(O)CNC(=O)CCc2c(C)noc2Cl)c(C)o1. The molecule has 126 valence electrons. The number of carbonyl (C=O) groups excluding carboxylic acids is 1. The summed E-state index contributed by atoms with van der Waals surface area (Å²) in [5, 5.41) is 17.2. The zero-order chi connectivity index (χ0) is 17.2. The lowest BCUT2D eigenvalue weighted by molar-refractivity contribution is -0.122. The fourth-order valence-electron chi connectivity index (χ4n) is 2.50. The fourth-order valence-corrected chi connectivity index (χ4v) is 2.76. The Morgan fingerprint density at radius 2 is 2.13 bits per heavy atom. The molecule has 7 heteroatoms. The van der Waals surface area contributed by atoms with Gasteiger partial charge in [0.25, 0.3) is 0 Å². The molecule has 2 aromatic heterocycles. The van der Waals surface area contributed by atoms with Gasteiger partial charge in [-0.3, -0.25) is 4.79 Å². The molecule has 0 aliphatic carbocycles. The number of halogens is 1. The Labute approximate surface area is 139 Å². The Hall–Kier alpha value is -1.79. The summed E-state index contributed by atoms with van der Waals surface area (Å²) >= 11 is 5.87. The van der Waals surface area contributed by atoms with Gasteiger partial charge in [0.05, 0.1) is 12.2 Å². The molecule has 2 heterocycles. The first-order valence-corrected chi connectivity index (χ1v) is 7.75. The van der Waals surface area contributed by atoms with Crippen LogP contribution in [0.4, 0.5) is 0 Å². The summed E-state index contributed by atoms with van der Waals surface area (Å²) in [5.74, 6) is 1.19. The normalized spacial score (nSPS) is 13.8. The first kappa shape index (κ1) is 17.6. The standard InChI is InChI=1S/C16H21ClN2O4/c1-9-7-13(11(3)22-9)16(4,21)8-18-14(20)6-5-12-10(2)19-23-15(12)17/h7,21H,5-6,8H2,1-4H3,(H,18,20). The number of aliphatic hydroxyl groups is 1. The summed E-state index contributed by atoms with van der Waals surface area (Å²) < 4.78 is 10.3. The predicted octanol–water partition coefficient (Wildman–Crippen LogP) is 2.80. The summed E-state index contributed by atoms with van der Waals surface area (Å²) in [6.07, 6.45) is 0.674. The molecule has 0 aliphatic rings. The first-order chi connectivity index (χ1) is 10.7. The molecule has 0 saturated heterocycles. The molecule has 0 bridgehead atoms. The number of rotatable bonds is 6. The second-order valence-corrected chi connectivity index (χ2v) is 6.24. The van der Waals surface area contributed by atoms with Crippen molar-refractivity contribution in [3.8, 4) is 0 Å². The third kappa shape index (κ3) is 4.14. The van der Waals surface area contributed by atoms with Crippen LogP contribution in [0, 0.1) is 20.8 Å². The number of amides is 1. The second-order valence-electron chi connectivity index (χ2n) is 5.90. The van der Waals surface area contributed by atoms with Crippen LogP contribution in [0.2, 0.25) is 5.22 Å². The highest BCUT2D eigenvalue weighted by molar-refractivity contribution is 6.29. The molecule has 23 heavy (non-hydrogen) atoms. The molecule has 0 fully saturated rings. The lowest BCUT2D eigenvalue weighted by atomic mass is 9.96. The van der Waals surface area contributed by atoms with E-state index in [1.54, 1.807) is 26.8 Å². The van der Waals surface area contributed by atoms with Crippen molar-refractivity contribution < 1.29 is 18.8 Å². The van der Waals surface area contributed by atoms with Crippen molar-refractivity contribution in [2.24, 2.45) is 0 Å². The fraction of sp³-hybridized carbons (Fsp3) is 0.500. The number of furan rings is 1. The molecule has 1 amide bonds. The summed E-state index contributed by atoms with van der Waals surface area (Å²) in [6, 6.07) is 1.78. The minimum atomic E-state index is -1.19. The van der Waals surface area contributed by atoms with Crippen molar-refractivity contribution in [3.63, 3.8) is 0 Å². The topological polar surface area (TPSA) is 88.5 Å². The maximum Gasteiger partial charge on any atom is 0.229 e. The molecular formula is C16H21ClN2O4. The molecule has 1 unspecified atom stereocenters. The van der Waals surface area contributed by atoms with E-state index in [1.807, 2.05) is 6.92 Å². The van der Waals surface area contributed by atoms with Crippen LogP contribution < -0.4 is 5.32 Å². The minimum absolute atomic E-state index is 0.0992. The van der Waals surface area contributed by atoms with Crippen molar-refractivity contribution >= 4 is 17.5 Å². The quantitative estimate of drug-likeness (QED) is 0.844. The summed E-state index contributed by atoms with van der Waals surface area (Å²) in [4.78, 5) is 12.0. The zero-order valence-corrected chi connectivity index (χ0v) is 14.5. The number of aromatic nitrogens is 1. The van der Waals surface area contributed by atoms with E-state index in [-0.39, 0.29) is 24.1 Å². The number of carbonyl (C=O) groups is 1. The van der Waals surface area contributed by atoms with E-state index in [4.69, 9.17) is 20.5 Å². The van der Waals surface area contributed by atoms with Crippen LogP contribution in [0.3, 0.4) is 0 Å². The largest absolute Gasteiger partial charge is 0.466 e. The molecule has 2 rings (SSSR count). The van der Waals surface area contributed by atoms with Gasteiger partial charge in [0.2, 0.25) is 11.1 Å². The van der Waals surface area contributed by atoms with Gasteiger partial charge < -0.3 is 19.4 Å². The zero-order valence-electron chi connectivity index (χ0n) is 13.7. The van der Waals surface area contributed by atoms with Crippen LogP contribution in [0.1, 0.15) is 41.7 Å². The summed E-state index contributed by atoms with van der Waals surface area (Å²) in [6.45, 7) is 7.12. The lowest BCUT2D eigenvalue weighted by Gasteiger charge is -2.23. The van der Waals surface area contributed by atoms with E-state index in [2.05, 4.69) is 10.5 Å². The average molecular weight is 341 g/mol. The molecule has 2 aromatic rings. The van der Waals surface area contributed by atoms with Gasteiger partial charge in [-0.25, -0.2) is 0 Å². The Morgan fingerprint density at radius 3 is 2.65 bits per heavy atom. The van der Waals surface area contributed by atoms with Crippen molar-refractivity contribution in [2.45, 2.75) is 46.1 Å². The maximum atomic E-state index is 12.0. The molecule has 0 aliphatic heterocycles. The van der Waals surface area contributed by atoms with E-state index >= 15 is 0 Å². The highest BCUT2D eigenvalue weighted by Crippen LogP contribution is 2.26. The molecule has 0 saturated carbocycles. The smallest absolute Gasteiger partial charge is 0.229 e. The van der Waals surface area contributed by atoms with Crippen molar-refractivity contribution in [1.82, 2.24) is 10.5 Å². The number of hydrogen-bond donors (Lipinski definition) is 2. The van der Waals surface area contributed by atoms with Crippen LogP contribution in [-0.2, 0) is 16.8 Å². The van der Waals surface area contributed by atoms with E-state index in [0.717, 1.165) is 11.3 Å². The first-order valence-electron chi connectivity index (χ1n) is 7.38. The number of aryl methyl sites for hydroxylation is 3. The third-order valence-corrected chi connectivity index (χ3v) is 4.09. The van der Waals surface area contributed by atoms with E-state index in [9.17, 15) is 9.90 Å². The van der Waals surface area contributed by atoms with Gasteiger partial charge in [0.1, 0.15) is 17.1 Å². The molecule has 0 spiro atoms. The Kier molecular flexibility index (Phi) is 5.16. The molecule has 1 atom stereocenters. The highest BCUT2D eigenvalue weighted by atomic mass is 35.5. The molecule has 0 radical (unpaired) electrons. The van der Waals surface area contributed by atoms with Crippen LogP contribution >= 0.6 is 11.6 Å². The highest BCUT2D eigenvalue weighted by Gasteiger charge is 2.28. The Balaban J connectivity index is 1.90. The second kappa shape index (κ2) is 6.76. The molecule has 0 aromatic carbocycles. The van der Waals surface area contributed by atoms with Crippen molar-refractivity contribution in [3.05, 3.63) is 39.6 Å². The van der Waals surface area contributed by atoms with Gasteiger partial charge in [-0.15, -0.1) is 0 Å². The van der Waals surface area contributed by atoms with Crippen LogP contribution in [-0.4, -0.2) is 22.7 Å². The van der Waals surface area contributed by atoms with Gasteiger partial charge in [0, 0.05) is 17.5 Å². The molecular weight excluding hydrogens is 320 g/mol. The van der Waals surface area contributed by atoms with Crippen LogP contribution in [0.15, 0.2) is 15.0 Å². The lowest BCUT2D eigenvalue weighted by Crippen LogP contribution is -2.38. The van der Waals surface area contributed by atoms with Gasteiger partial charge in [-0.05, 0) is 51.8 Å². The number of nitrogens with zero attached hydrogens (tertiary/aromatic N) is 1. The van der Waals surface area contributed by atoms with Gasteiger partial charge in [-0.2, -0.15) is 0 Å². The van der Waals surface area contributed by atoms with E-state index in [1.165, 1.54) is 0 Å². The number of hydrogen-bond acceptors (Lipinski definition) is 5. The van der Waals surface area contributed by atoms with E-state index < -0.39 is 5.60 Å². The third-order valence-electron chi connectivity index (χ3n) is 3.79. The van der Waals surface area contributed by atoms with Gasteiger partial charge >= 0.3 is 0 Å². The summed E-state index contributed by atoms with van der Waals surface area (Å²) in [5.41, 5.74) is 0.893. The summed E-state index contributed by atoms with van der Waals surface area (Å²) in [7, 11) is 0. The Bertz CT molecular complexity index is 683. The molecule has 2 N–H and O–H groups in total. The van der Waals surface area contributed by atoms with Gasteiger partial charge in [0.15, 0.2) is 0 Å². The van der Waals surface area contributed by atoms with Crippen molar-refractivity contribution in [2.75, 3.05) is 6.54 Å². The van der Waals surface area contributed by atoms with Crippen LogP contribution in [0.25, 0.3) is 0 Å². The van der Waals surface area contributed by atoms with Crippen LogP contribution in [0.5, 0.6) is 0 Å². The predicted molar refractivity (Wildman–Crippen MR) is 85.3 cm³/mol. The van der Waals surface area contributed by atoms with Crippen molar-refractivity contribution in [1.29, 1.82) is 0 Å². The minimum Gasteiger partial charge on any atom is -0.466 e. The van der Waals surface area contributed by atoms with E-state index in [0.29, 0.717) is 23.4 Å². The average Bonchev–Trinajstić information content (AvgIpc) is 2.97. The maximum absolute atomic E-state index is 12.0. The number of nitrogens with one attached hydrogen (secondary N) is 1. The Morgan fingerprint density at radius 1 is 1.43 bits per heavy atom. The molecule has 6 nitrogen and oxygen atoms in total. The van der Waals surface area contributed by atoms with Gasteiger partial charge in [-0.1, -0.05) is 5.16 Å².